The van der Waals surface area contributed by atoms with Gasteiger partial charge in [-0.15, -0.1) is 0 Å². The number of aromatic amines is 1. The molecule has 0 bridgehead atoms. The summed E-state index contributed by atoms with van der Waals surface area (Å²) in [5.41, 5.74) is 1.92. The lowest BCUT2D eigenvalue weighted by Crippen LogP contribution is -2.15. The molecule has 108 valence electrons. The van der Waals surface area contributed by atoms with Crippen molar-refractivity contribution in [1.29, 1.82) is 0 Å². The zero-order valence-electron chi connectivity index (χ0n) is 11.3. The van der Waals surface area contributed by atoms with Crippen LogP contribution in [0.4, 0.5) is 0 Å². The van der Waals surface area contributed by atoms with Crippen molar-refractivity contribution in [3.63, 3.8) is 0 Å². The highest BCUT2D eigenvalue weighted by molar-refractivity contribution is 5.74. The summed E-state index contributed by atoms with van der Waals surface area (Å²) in [5, 5.41) is 16.7. The first kappa shape index (κ1) is 12.5. The summed E-state index contributed by atoms with van der Waals surface area (Å²) in [6.07, 6.45) is 0.750. The van der Waals surface area contributed by atoms with Crippen molar-refractivity contribution in [3.05, 3.63) is 41.8 Å². The Labute approximate surface area is 120 Å². The molecule has 1 saturated heterocycles. The summed E-state index contributed by atoms with van der Waals surface area (Å²) in [6, 6.07) is 7.81. The van der Waals surface area contributed by atoms with Gasteiger partial charge in [-0.3, -0.25) is 0 Å². The number of aromatic nitrogens is 4. The Morgan fingerprint density at radius 2 is 2.19 bits per heavy atom. The molecule has 1 aliphatic rings. The van der Waals surface area contributed by atoms with Gasteiger partial charge in [-0.25, -0.2) is 4.98 Å². The van der Waals surface area contributed by atoms with Crippen molar-refractivity contribution < 1.29 is 9.63 Å². The fourth-order valence-corrected chi connectivity index (χ4v) is 2.63. The van der Waals surface area contributed by atoms with E-state index in [-0.39, 0.29) is 12.1 Å². The van der Waals surface area contributed by atoms with Crippen LogP contribution < -0.4 is 5.32 Å². The standard InChI is InChI=1S/C14H15N5O2/c20-8-5-11(15-7-8)14-18-13(19-21-14)6-12-16-9-3-1-2-4-10(9)17-12/h1-4,8,11,15,20H,5-7H2,(H,16,17)/t8?,11-/m0/s1. The predicted molar refractivity (Wildman–Crippen MR) is 74.6 cm³/mol. The van der Waals surface area contributed by atoms with Crippen molar-refractivity contribution in [1.82, 2.24) is 25.4 Å². The molecule has 1 fully saturated rings. The number of hydrogen-bond acceptors (Lipinski definition) is 6. The summed E-state index contributed by atoms with van der Waals surface area (Å²) < 4.78 is 5.27. The molecule has 3 N–H and O–H groups in total. The van der Waals surface area contributed by atoms with Gasteiger partial charge in [-0.2, -0.15) is 4.98 Å². The van der Waals surface area contributed by atoms with Crippen LogP contribution in [0, 0.1) is 0 Å². The minimum absolute atomic E-state index is 0.0584. The van der Waals surface area contributed by atoms with E-state index < -0.39 is 0 Å². The monoisotopic (exact) mass is 285 g/mol. The molecule has 0 radical (unpaired) electrons. The number of benzene rings is 1. The molecule has 0 aliphatic carbocycles. The number of nitrogens with zero attached hydrogens (tertiary/aromatic N) is 3. The molecule has 0 spiro atoms. The Bertz CT molecular complexity index is 732. The fraction of sp³-hybridized carbons (Fsp3) is 0.357. The SMILES string of the molecule is OC1CN[C@H](c2nc(Cc3nc4ccccc4[nH]3)no2)C1. The first-order valence-electron chi connectivity index (χ1n) is 6.95. The maximum Gasteiger partial charge on any atom is 0.243 e. The zero-order chi connectivity index (χ0) is 14.2. The summed E-state index contributed by atoms with van der Waals surface area (Å²) in [6.45, 7) is 0.561. The van der Waals surface area contributed by atoms with Gasteiger partial charge in [0, 0.05) is 6.54 Å². The number of aliphatic hydroxyl groups is 1. The average molecular weight is 285 g/mol. The third kappa shape index (κ3) is 2.41. The number of β-amino-alcohol motifs (C(OH)–C–C–N with tert-alkyl or cyclic N) is 1. The first-order valence-corrected chi connectivity index (χ1v) is 6.95. The van der Waals surface area contributed by atoms with Crippen LogP contribution in [0.15, 0.2) is 28.8 Å². The number of H-pyrrole nitrogens is 1. The third-order valence-electron chi connectivity index (χ3n) is 3.65. The number of para-hydroxylation sites is 2. The molecule has 3 aromatic rings. The highest BCUT2D eigenvalue weighted by atomic mass is 16.5. The van der Waals surface area contributed by atoms with Crippen LogP contribution in [0.5, 0.6) is 0 Å². The molecule has 21 heavy (non-hydrogen) atoms. The zero-order valence-corrected chi connectivity index (χ0v) is 11.3. The van der Waals surface area contributed by atoms with Crippen LogP contribution >= 0.6 is 0 Å². The molecule has 0 amide bonds. The second-order valence-electron chi connectivity index (χ2n) is 5.28. The second kappa shape index (κ2) is 4.94. The maximum absolute atomic E-state index is 9.52. The Morgan fingerprint density at radius 3 is 3.00 bits per heavy atom. The number of imidazole rings is 1. The first-order chi connectivity index (χ1) is 10.3. The minimum atomic E-state index is -0.347. The number of rotatable bonds is 3. The minimum Gasteiger partial charge on any atom is -0.392 e. The van der Waals surface area contributed by atoms with E-state index in [1.807, 2.05) is 24.3 Å². The van der Waals surface area contributed by atoms with Gasteiger partial charge in [0.1, 0.15) is 5.82 Å². The van der Waals surface area contributed by atoms with E-state index in [1.165, 1.54) is 0 Å². The quantitative estimate of drug-likeness (QED) is 0.662. The van der Waals surface area contributed by atoms with Gasteiger partial charge >= 0.3 is 0 Å². The van der Waals surface area contributed by atoms with Crippen LogP contribution in [0.2, 0.25) is 0 Å². The van der Waals surface area contributed by atoms with Crippen LogP contribution in [0.3, 0.4) is 0 Å². The van der Waals surface area contributed by atoms with Gasteiger partial charge < -0.3 is 19.9 Å². The lowest BCUT2D eigenvalue weighted by molar-refractivity contribution is 0.191. The molecule has 2 aromatic heterocycles. The summed E-state index contributed by atoms with van der Waals surface area (Å²) >= 11 is 0. The van der Waals surface area contributed by atoms with Gasteiger partial charge in [0.2, 0.25) is 5.89 Å². The number of aliphatic hydroxyl groups excluding tert-OH is 1. The number of hydrogen-bond donors (Lipinski definition) is 3. The largest absolute Gasteiger partial charge is 0.392 e. The van der Waals surface area contributed by atoms with Crippen LogP contribution in [0.1, 0.15) is 30.0 Å². The molecule has 3 heterocycles. The van der Waals surface area contributed by atoms with Crippen LogP contribution in [-0.4, -0.2) is 37.9 Å². The molecule has 1 aromatic carbocycles. The van der Waals surface area contributed by atoms with Crippen molar-refractivity contribution in [2.75, 3.05) is 6.54 Å². The fourth-order valence-electron chi connectivity index (χ4n) is 2.63. The summed E-state index contributed by atoms with van der Waals surface area (Å²) in [7, 11) is 0. The van der Waals surface area contributed by atoms with E-state index in [4.69, 9.17) is 4.52 Å². The molecule has 1 aliphatic heterocycles. The maximum atomic E-state index is 9.52. The van der Waals surface area contributed by atoms with Gasteiger partial charge in [-0.05, 0) is 18.6 Å². The smallest absolute Gasteiger partial charge is 0.243 e. The normalized spacial score (nSPS) is 22.1. The Morgan fingerprint density at radius 1 is 1.29 bits per heavy atom. The third-order valence-corrected chi connectivity index (χ3v) is 3.65. The van der Waals surface area contributed by atoms with Gasteiger partial charge in [0.25, 0.3) is 0 Å². The van der Waals surface area contributed by atoms with Crippen molar-refractivity contribution >= 4 is 11.0 Å². The lowest BCUT2D eigenvalue weighted by atomic mass is 10.2. The van der Waals surface area contributed by atoms with E-state index in [1.54, 1.807) is 0 Å². The van der Waals surface area contributed by atoms with Crippen molar-refractivity contribution in [2.24, 2.45) is 0 Å². The molecule has 7 heteroatoms. The Balaban J connectivity index is 1.53. The lowest BCUT2D eigenvalue weighted by Gasteiger charge is -2.01. The predicted octanol–water partition coefficient (Wildman–Crippen LogP) is 0.932. The van der Waals surface area contributed by atoms with Crippen molar-refractivity contribution in [3.8, 4) is 0 Å². The summed E-state index contributed by atoms with van der Waals surface area (Å²) in [4.78, 5) is 12.1. The number of nitrogens with one attached hydrogen (secondary N) is 2. The van der Waals surface area contributed by atoms with E-state index in [0.29, 0.717) is 31.1 Å². The highest BCUT2D eigenvalue weighted by Gasteiger charge is 2.28. The number of fused-ring (bicyclic) bond motifs is 1. The van der Waals surface area contributed by atoms with Gasteiger partial charge in [0.15, 0.2) is 5.82 Å². The average Bonchev–Trinajstić information content (AvgIpc) is 3.17. The molecule has 4 rings (SSSR count). The van der Waals surface area contributed by atoms with Gasteiger partial charge in [0.05, 0.1) is 29.6 Å². The molecule has 2 atom stereocenters. The van der Waals surface area contributed by atoms with Gasteiger partial charge in [-0.1, -0.05) is 17.3 Å². The molecular formula is C14H15N5O2. The Hall–Kier alpha value is -2.25. The summed E-state index contributed by atoms with van der Waals surface area (Å²) in [5.74, 6) is 1.92. The van der Waals surface area contributed by atoms with E-state index in [2.05, 4.69) is 25.4 Å². The topological polar surface area (TPSA) is 99.9 Å². The highest BCUT2D eigenvalue weighted by Crippen LogP contribution is 2.22. The van der Waals surface area contributed by atoms with Crippen molar-refractivity contribution in [2.45, 2.75) is 25.0 Å². The molecular weight excluding hydrogens is 270 g/mol. The Kier molecular flexibility index (Phi) is 2.94. The molecule has 1 unspecified atom stereocenters. The van der Waals surface area contributed by atoms with Crippen LogP contribution in [-0.2, 0) is 6.42 Å². The molecule has 7 nitrogen and oxygen atoms in total. The molecule has 0 saturated carbocycles. The van der Waals surface area contributed by atoms with E-state index in [9.17, 15) is 5.11 Å². The van der Waals surface area contributed by atoms with E-state index >= 15 is 0 Å². The van der Waals surface area contributed by atoms with Crippen LogP contribution in [0.25, 0.3) is 11.0 Å². The second-order valence-corrected chi connectivity index (χ2v) is 5.28. The van der Waals surface area contributed by atoms with E-state index in [0.717, 1.165) is 16.9 Å².